The highest BCUT2D eigenvalue weighted by Gasteiger charge is 2.24. The number of aryl methyl sites for hydroxylation is 1. The van der Waals surface area contributed by atoms with Crippen LogP contribution in [0.1, 0.15) is 61.6 Å². The predicted molar refractivity (Wildman–Crippen MR) is 104 cm³/mol. The second-order valence-electron chi connectivity index (χ2n) is 7.69. The number of fused-ring (bicyclic) bond motifs is 2. The Morgan fingerprint density at radius 3 is 2.93 bits per heavy atom. The molecule has 0 radical (unpaired) electrons. The molecule has 1 amide bonds. The Bertz CT molecular complexity index is 899. The van der Waals surface area contributed by atoms with Gasteiger partial charge in [0.25, 0.3) is 11.5 Å². The van der Waals surface area contributed by atoms with Gasteiger partial charge in [0, 0.05) is 25.1 Å². The van der Waals surface area contributed by atoms with Gasteiger partial charge in [-0.05, 0) is 50.8 Å². The van der Waals surface area contributed by atoms with Crippen molar-refractivity contribution in [2.45, 2.75) is 70.6 Å². The second-order valence-corrected chi connectivity index (χ2v) is 7.69. The first-order valence-electron chi connectivity index (χ1n) is 10.1. The number of benzene rings is 1. The molecule has 1 aromatic heterocycles. The minimum atomic E-state index is -0.145. The van der Waals surface area contributed by atoms with Crippen molar-refractivity contribution >= 4 is 16.8 Å². The zero-order chi connectivity index (χ0) is 18.8. The fraction of sp³-hybridized carbons (Fsp3) is 0.571. The number of hydrogen-bond acceptors (Lipinski definition) is 4. The highest BCUT2D eigenvalue weighted by Crippen LogP contribution is 2.18. The topological polar surface area (TPSA) is 73.2 Å². The van der Waals surface area contributed by atoms with Gasteiger partial charge in [0.1, 0.15) is 5.82 Å². The van der Waals surface area contributed by atoms with E-state index >= 15 is 0 Å². The van der Waals surface area contributed by atoms with E-state index in [0.29, 0.717) is 16.5 Å². The number of hydrogen-bond donors (Lipinski definition) is 1. The van der Waals surface area contributed by atoms with Crippen molar-refractivity contribution in [2.75, 3.05) is 6.61 Å². The van der Waals surface area contributed by atoms with Crippen LogP contribution in [-0.4, -0.2) is 34.2 Å². The summed E-state index contributed by atoms with van der Waals surface area (Å²) in [5.41, 5.74) is 1.16. The molecule has 1 fully saturated rings. The van der Waals surface area contributed by atoms with Crippen LogP contribution in [0.15, 0.2) is 23.0 Å². The fourth-order valence-electron chi connectivity index (χ4n) is 4.12. The number of carbonyl (C=O) groups excluding carboxylic acids is 1. The summed E-state index contributed by atoms with van der Waals surface area (Å²) >= 11 is 0. The Balaban J connectivity index is 1.62. The van der Waals surface area contributed by atoms with Crippen LogP contribution in [0.4, 0.5) is 0 Å². The molecule has 2 aliphatic heterocycles. The molecule has 0 bridgehead atoms. The van der Waals surface area contributed by atoms with Gasteiger partial charge in [-0.1, -0.05) is 12.8 Å². The number of aromatic nitrogens is 2. The summed E-state index contributed by atoms with van der Waals surface area (Å²) in [6.45, 7) is 3.47. The smallest absolute Gasteiger partial charge is 0.261 e. The Morgan fingerprint density at radius 2 is 2.11 bits per heavy atom. The Kier molecular flexibility index (Phi) is 5.25. The summed E-state index contributed by atoms with van der Waals surface area (Å²) in [7, 11) is 0. The Morgan fingerprint density at radius 1 is 1.26 bits per heavy atom. The summed E-state index contributed by atoms with van der Waals surface area (Å²) in [6, 6.07) is 5.17. The van der Waals surface area contributed by atoms with Crippen molar-refractivity contribution < 1.29 is 9.53 Å². The highest BCUT2D eigenvalue weighted by atomic mass is 16.5. The molecule has 2 aliphatic rings. The molecule has 144 valence electrons. The molecular formula is C21H27N3O3. The fourth-order valence-corrected chi connectivity index (χ4v) is 4.12. The average molecular weight is 369 g/mol. The van der Waals surface area contributed by atoms with Gasteiger partial charge in [0.15, 0.2) is 0 Å². The van der Waals surface area contributed by atoms with Crippen molar-refractivity contribution in [2.24, 2.45) is 0 Å². The molecule has 27 heavy (non-hydrogen) atoms. The molecule has 3 heterocycles. The zero-order valence-electron chi connectivity index (χ0n) is 15.9. The third kappa shape index (κ3) is 3.76. The number of rotatable bonds is 3. The summed E-state index contributed by atoms with van der Waals surface area (Å²) in [5.74, 6) is 0.700. The van der Waals surface area contributed by atoms with Crippen molar-refractivity contribution in [1.82, 2.24) is 14.9 Å². The number of ether oxygens (including phenoxy) is 1. The van der Waals surface area contributed by atoms with Gasteiger partial charge < -0.3 is 10.1 Å². The summed E-state index contributed by atoms with van der Waals surface area (Å²) in [4.78, 5) is 30.3. The SMILES string of the molecule is C[C@@H](NC(=O)c1ccc2c(=O)n3c(nc2c1)CCCCCC3)[C@H]1CCCO1. The van der Waals surface area contributed by atoms with Gasteiger partial charge in [-0.3, -0.25) is 14.2 Å². The maximum atomic E-state index is 12.9. The average Bonchev–Trinajstić information content (AvgIpc) is 3.18. The Hall–Kier alpha value is -2.21. The molecule has 1 N–H and O–H groups in total. The van der Waals surface area contributed by atoms with Crippen LogP contribution < -0.4 is 10.9 Å². The van der Waals surface area contributed by atoms with E-state index in [1.54, 1.807) is 18.2 Å². The first-order chi connectivity index (χ1) is 13.1. The second kappa shape index (κ2) is 7.80. The third-order valence-corrected chi connectivity index (χ3v) is 5.71. The largest absolute Gasteiger partial charge is 0.376 e. The molecule has 0 unspecified atom stereocenters. The van der Waals surface area contributed by atoms with Crippen LogP contribution in [0.25, 0.3) is 10.9 Å². The van der Waals surface area contributed by atoms with E-state index in [1.807, 2.05) is 11.5 Å². The van der Waals surface area contributed by atoms with Gasteiger partial charge in [-0.25, -0.2) is 4.98 Å². The van der Waals surface area contributed by atoms with Crippen LogP contribution in [0.5, 0.6) is 0 Å². The molecule has 6 heteroatoms. The van der Waals surface area contributed by atoms with Crippen LogP contribution in [0.3, 0.4) is 0 Å². The molecule has 6 nitrogen and oxygen atoms in total. The van der Waals surface area contributed by atoms with E-state index in [0.717, 1.165) is 57.5 Å². The highest BCUT2D eigenvalue weighted by molar-refractivity contribution is 5.97. The lowest BCUT2D eigenvalue weighted by Crippen LogP contribution is -2.40. The number of amides is 1. The van der Waals surface area contributed by atoms with E-state index < -0.39 is 0 Å². The minimum Gasteiger partial charge on any atom is -0.376 e. The van der Waals surface area contributed by atoms with Gasteiger partial charge in [-0.15, -0.1) is 0 Å². The van der Waals surface area contributed by atoms with Crippen molar-refractivity contribution in [3.63, 3.8) is 0 Å². The lowest BCUT2D eigenvalue weighted by Gasteiger charge is -2.20. The molecule has 0 aliphatic carbocycles. The lowest BCUT2D eigenvalue weighted by atomic mass is 10.1. The molecule has 4 rings (SSSR count). The van der Waals surface area contributed by atoms with Crippen LogP contribution in [-0.2, 0) is 17.7 Å². The normalized spacial score (nSPS) is 21.3. The summed E-state index contributed by atoms with van der Waals surface area (Å²) in [5, 5.41) is 3.61. The van der Waals surface area contributed by atoms with E-state index in [9.17, 15) is 9.59 Å². The van der Waals surface area contributed by atoms with Crippen LogP contribution in [0, 0.1) is 0 Å². The predicted octanol–water partition coefficient (Wildman–Crippen LogP) is 2.81. The maximum absolute atomic E-state index is 12.9. The monoisotopic (exact) mass is 369 g/mol. The molecule has 1 aromatic carbocycles. The van der Waals surface area contributed by atoms with Crippen molar-refractivity contribution in [3.05, 3.63) is 39.9 Å². The maximum Gasteiger partial charge on any atom is 0.261 e. The standard InChI is InChI=1S/C21H27N3O3/c1-14(18-7-6-12-27-18)22-20(25)15-9-10-16-17(13-15)23-19-8-4-2-3-5-11-24(19)21(16)26/h9-10,13-14,18H,2-8,11-12H2,1H3,(H,22,25)/t14-,18-/m1/s1. The van der Waals surface area contributed by atoms with Gasteiger partial charge in [0.2, 0.25) is 0 Å². The molecule has 1 saturated heterocycles. The number of nitrogens with zero attached hydrogens (tertiary/aromatic N) is 2. The molecule has 0 saturated carbocycles. The van der Waals surface area contributed by atoms with Crippen LogP contribution in [0.2, 0.25) is 0 Å². The van der Waals surface area contributed by atoms with E-state index in [4.69, 9.17) is 9.72 Å². The van der Waals surface area contributed by atoms with Crippen molar-refractivity contribution in [3.8, 4) is 0 Å². The van der Waals surface area contributed by atoms with Gasteiger partial charge in [0.05, 0.1) is 23.0 Å². The first-order valence-corrected chi connectivity index (χ1v) is 10.1. The van der Waals surface area contributed by atoms with E-state index in [-0.39, 0.29) is 23.6 Å². The molecule has 2 aromatic rings. The Labute approximate surface area is 158 Å². The number of nitrogens with one attached hydrogen (secondary N) is 1. The van der Waals surface area contributed by atoms with Crippen LogP contribution >= 0.6 is 0 Å². The van der Waals surface area contributed by atoms with Gasteiger partial charge in [-0.2, -0.15) is 0 Å². The van der Waals surface area contributed by atoms with Crippen molar-refractivity contribution in [1.29, 1.82) is 0 Å². The zero-order valence-corrected chi connectivity index (χ0v) is 15.9. The lowest BCUT2D eigenvalue weighted by molar-refractivity contribution is 0.0712. The quantitative estimate of drug-likeness (QED) is 0.903. The molecule has 2 atom stereocenters. The van der Waals surface area contributed by atoms with E-state index in [2.05, 4.69) is 5.32 Å². The first kappa shape index (κ1) is 18.2. The summed E-state index contributed by atoms with van der Waals surface area (Å²) < 4.78 is 7.47. The molecular weight excluding hydrogens is 342 g/mol. The number of carbonyl (C=O) groups is 1. The van der Waals surface area contributed by atoms with E-state index in [1.165, 1.54) is 6.42 Å². The molecule has 0 spiro atoms. The van der Waals surface area contributed by atoms with Gasteiger partial charge >= 0.3 is 0 Å². The third-order valence-electron chi connectivity index (χ3n) is 5.71. The minimum absolute atomic E-state index is 0.0107. The summed E-state index contributed by atoms with van der Waals surface area (Å²) in [6.07, 6.45) is 7.32.